The first-order valence-corrected chi connectivity index (χ1v) is 13.2. The Morgan fingerprint density at radius 3 is 2.62 bits per heavy atom. The van der Waals surface area contributed by atoms with Gasteiger partial charge in [0.05, 0.1) is 30.9 Å². The summed E-state index contributed by atoms with van der Waals surface area (Å²) in [5.74, 6) is 0.285. The van der Waals surface area contributed by atoms with Crippen LogP contribution in [0.4, 0.5) is 0 Å². The predicted molar refractivity (Wildman–Crippen MR) is 135 cm³/mol. The van der Waals surface area contributed by atoms with Crippen LogP contribution >= 0.6 is 0 Å². The standard InChI is InChI=1S/C26H25N5O5S/c1-36-17-7-8-19-20(11-17)29-24-22(13-32)31(25(33)21-12-27-9-10-28-21)16-26(23(19)24)14-30(15-26)37(34,35)18-5-3-2-4-6-18/h2-12,22,29,32H,13-16H2,1H3/t22-/m0/s1. The second-order valence-electron chi connectivity index (χ2n) is 9.41. The van der Waals surface area contributed by atoms with Gasteiger partial charge in [-0.2, -0.15) is 4.31 Å². The van der Waals surface area contributed by atoms with E-state index in [1.54, 1.807) is 42.3 Å². The molecule has 4 heterocycles. The molecular weight excluding hydrogens is 494 g/mol. The lowest BCUT2D eigenvalue weighted by molar-refractivity contribution is 0.0243. The number of rotatable bonds is 5. The molecule has 2 aliphatic heterocycles. The molecule has 0 unspecified atom stereocenters. The molecule has 10 nitrogen and oxygen atoms in total. The molecule has 0 radical (unpaired) electrons. The number of methoxy groups -OCH3 is 1. The van der Waals surface area contributed by atoms with Gasteiger partial charge < -0.3 is 19.7 Å². The Morgan fingerprint density at radius 2 is 1.95 bits per heavy atom. The largest absolute Gasteiger partial charge is 0.497 e. The summed E-state index contributed by atoms with van der Waals surface area (Å²) in [6.07, 6.45) is 4.32. The highest BCUT2D eigenvalue weighted by molar-refractivity contribution is 7.89. The minimum Gasteiger partial charge on any atom is -0.497 e. The van der Waals surface area contributed by atoms with Gasteiger partial charge in [0.15, 0.2) is 0 Å². The summed E-state index contributed by atoms with van der Waals surface area (Å²) in [6, 6.07) is 13.3. The lowest BCUT2D eigenvalue weighted by Crippen LogP contribution is -2.68. The Kier molecular flexibility index (Phi) is 5.51. The number of amides is 1. The van der Waals surface area contributed by atoms with E-state index in [0.717, 1.165) is 16.5 Å². The number of carbonyl (C=O) groups is 1. The van der Waals surface area contributed by atoms with E-state index in [2.05, 4.69) is 15.0 Å². The first-order chi connectivity index (χ1) is 17.9. The molecule has 2 aromatic carbocycles. The molecular formula is C26H25N5O5S. The van der Waals surface area contributed by atoms with Gasteiger partial charge in [-0.05, 0) is 29.8 Å². The van der Waals surface area contributed by atoms with E-state index in [9.17, 15) is 18.3 Å². The molecule has 0 bridgehead atoms. The third-order valence-corrected chi connectivity index (χ3v) is 9.11. The van der Waals surface area contributed by atoms with E-state index >= 15 is 0 Å². The SMILES string of the molecule is COc1ccc2c3c([nH]c2c1)[C@H](CO)N(C(=O)c1cnccn1)CC31CN(S(=O)(=O)c2ccccc2)C1. The first kappa shape index (κ1) is 23.6. The molecule has 37 heavy (non-hydrogen) atoms. The van der Waals surface area contributed by atoms with Gasteiger partial charge in [-0.15, -0.1) is 0 Å². The molecule has 190 valence electrons. The van der Waals surface area contributed by atoms with Gasteiger partial charge in [0.25, 0.3) is 5.91 Å². The summed E-state index contributed by atoms with van der Waals surface area (Å²) in [4.78, 5) is 26.9. The number of aliphatic hydroxyl groups excluding tert-OH is 1. The number of nitrogens with zero attached hydrogens (tertiary/aromatic N) is 4. The maximum atomic E-state index is 13.6. The van der Waals surface area contributed by atoms with Crippen LogP contribution in [0.5, 0.6) is 5.75 Å². The van der Waals surface area contributed by atoms with E-state index in [4.69, 9.17) is 4.74 Å². The number of ether oxygens (including phenoxy) is 1. The van der Waals surface area contributed by atoms with Crippen LogP contribution in [0.15, 0.2) is 72.0 Å². The van der Waals surface area contributed by atoms with Crippen molar-refractivity contribution in [2.45, 2.75) is 16.4 Å². The van der Waals surface area contributed by atoms with Gasteiger partial charge in [-0.1, -0.05) is 18.2 Å². The summed E-state index contributed by atoms with van der Waals surface area (Å²) in [7, 11) is -2.12. The molecule has 1 spiro atoms. The quantitative estimate of drug-likeness (QED) is 0.413. The second kappa shape index (κ2) is 8.65. The molecule has 1 atom stereocenters. The van der Waals surface area contributed by atoms with Crippen LogP contribution < -0.4 is 4.74 Å². The van der Waals surface area contributed by atoms with Gasteiger partial charge in [0.2, 0.25) is 10.0 Å². The molecule has 4 aromatic rings. The van der Waals surface area contributed by atoms with Crippen molar-refractivity contribution >= 4 is 26.8 Å². The summed E-state index contributed by atoms with van der Waals surface area (Å²) < 4.78 is 33.6. The summed E-state index contributed by atoms with van der Waals surface area (Å²) >= 11 is 0. The zero-order valence-corrected chi connectivity index (χ0v) is 20.9. The highest BCUT2D eigenvalue weighted by Gasteiger charge is 2.56. The van der Waals surface area contributed by atoms with Crippen LogP contribution in [0, 0.1) is 0 Å². The van der Waals surface area contributed by atoms with Gasteiger partial charge in [0, 0.05) is 60.1 Å². The van der Waals surface area contributed by atoms with Crippen LogP contribution in [0.2, 0.25) is 0 Å². The molecule has 11 heteroatoms. The smallest absolute Gasteiger partial charge is 0.274 e. The van der Waals surface area contributed by atoms with Crippen molar-refractivity contribution in [3.8, 4) is 5.75 Å². The molecule has 1 amide bonds. The number of carbonyl (C=O) groups excluding carboxylic acids is 1. The van der Waals surface area contributed by atoms with E-state index < -0.39 is 21.5 Å². The lowest BCUT2D eigenvalue weighted by atomic mass is 9.70. The molecule has 2 aliphatic rings. The number of fused-ring (bicyclic) bond motifs is 4. The van der Waals surface area contributed by atoms with Crippen molar-refractivity contribution in [3.63, 3.8) is 0 Å². The lowest BCUT2D eigenvalue weighted by Gasteiger charge is -2.55. The van der Waals surface area contributed by atoms with E-state index in [-0.39, 0.29) is 42.7 Å². The van der Waals surface area contributed by atoms with Crippen molar-refractivity contribution in [1.29, 1.82) is 0 Å². The minimum absolute atomic E-state index is 0.158. The average Bonchev–Trinajstić information content (AvgIpc) is 3.30. The number of aromatic nitrogens is 3. The van der Waals surface area contributed by atoms with Crippen LogP contribution in [-0.2, 0) is 15.4 Å². The number of hydrogen-bond acceptors (Lipinski definition) is 7. The summed E-state index contributed by atoms with van der Waals surface area (Å²) in [6.45, 7) is 0.294. The number of hydrogen-bond donors (Lipinski definition) is 2. The number of aliphatic hydroxyl groups is 1. The van der Waals surface area contributed by atoms with Crippen LogP contribution in [0.3, 0.4) is 0 Å². The van der Waals surface area contributed by atoms with Crippen molar-refractivity contribution in [1.82, 2.24) is 24.2 Å². The fourth-order valence-corrected chi connectivity index (χ4v) is 7.21. The predicted octanol–water partition coefficient (Wildman–Crippen LogP) is 2.10. The normalized spacial score (nSPS) is 19.0. The molecule has 6 rings (SSSR count). The number of aromatic amines is 1. The van der Waals surface area contributed by atoms with Crippen molar-refractivity contribution in [2.24, 2.45) is 0 Å². The Morgan fingerprint density at radius 1 is 1.16 bits per heavy atom. The van der Waals surface area contributed by atoms with Gasteiger partial charge in [-0.25, -0.2) is 13.4 Å². The zero-order chi connectivity index (χ0) is 25.8. The maximum absolute atomic E-state index is 13.6. The molecule has 1 saturated heterocycles. The monoisotopic (exact) mass is 519 g/mol. The number of nitrogens with one attached hydrogen (secondary N) is 1. The Hall–Kier alpha value is -3.80. The van der Waals surface area contributed by atoms with E-state index in [0.29, 0.717) is 11.4 Å². The molecule has 0 aliphatic carbocycles. The third-order valence-electron chi connectivity index (χ3n) is 7.30. The Labute approximate surface area is 213 Å². The van der Waals surface area contributed by atoms with Crippen LogP contribution in [-0.4, -0.2) is 76.9 Å². The maximum Gasteiger partial charge on any atom is 0.274 e. The third kappa shape index (κ3) is 3.61. The Balaban J connectivity index is 1.47. The highest BCUT2D eigenvalue weighted by atomic mass is 32.2. The average molecular weight is 520 g/mol. The number of H-pyrrole nitrogens is 1. The number of benzene rings is 2. The second-order valence-corrected chi connectivity index (χ2v) is 11.4. The first-order valence-electron chi connectivity index (χ1n) is 11.8. The summed E-state index contributed by atoms with van der Waals surface area (Å²) in [5.41, 5.74) is 1.89. The van der Waals surface area contributed by atoms with E-state index in [1.807, 2.05) is 18.2 Å². The van der Waals surface area contributed by atoms with E-state index in [1.165, 1.54) is 22.9 Å². The van der Waals surface area contributed by atoms with Gasteiger partial charge in [0.1, 0.15) is 11.4 Å². The van der Waals surface area contributed by atoms with Crippen LogP contribution in [0.25, 0.3) is 10.9 Å². The van der Waals surface area contributed by atoms with Crippen molar-refractivity contribution < 1.29 is 23.1 Å². The fraction of sp³-hybridized carbons (Fsp3) is 0.269. The zero-order valence-electron chi connectivity index (χ0n) is 20.0. The van der Waals surface area contributed by atoms with Crippen LogP contribution in [0.1, 0.15) is 27.8 Å². The molecule has 1 fully saturated rings. The summed E-state index contributed by atoms with van der Waals surface area (Å²) in [5, 5.41) is 11.4. The van der Waals surface area contributed by atoms with Gasteiger partial charge >= 0.3 is 0 Å². The fourth-order valence-electron chi connectivity index (χ4n) is 5.58. The van der Waals surface area contributed by atoms with Gasteiger partial charge in [-0.3, -0.25) is 9.78 Å². The number of sulfonamides is 1. The van der Waals surface area contributed by atoms with Crippen molar-refractivity contribution in [3.05, 3.63) is 84.1 Å². The van der Waals surface area contributed by atoms with Crippen molar-refractivity contribution in [2.75, 3.05) is 33.4 Å². The molecule has 2 aromatic heterocycles. The topological polar surface area (TPSA) is 129 Å². The highest BCUT2D eigenvalue weighted by Crippen LogP contribution is 2.50. The molecule has 2 N–H and O–H groups in total. The molecule has 0 saturated carbocycles. The Bertz CT molecular complexity index is 1580. The minimum atomic E-state index is -3.71.